The maximum atomic E-state index is 12.1. The van der Waals surface area contributed by atoms with Crippen LogP contribution in [0.1, 0.15) is 51.6 Å². The van der Waals surface area contributed by atoms with Crippen LogP contribution in [0.5, 0.6) is 0 Å². The molecular formula is C20H29N3O5. The van der Waals surface area contributed by atoms with Gasteiger partial charge in [0.2, 0.25) is 17.7 Å². The molecule has 0 aliphatic rings. The third-order valence-corrected chi connectivity index (χ3v) is 4.21. The molecule has 0 aliphatic carbocycles. The Balaban J connectivity index is 2.46. The summed E-state index contributed by atoms with van der Waals surface area (Å²) in [6, 6.07) is 8.28. The monoisotopic (exact) mass is 391 g/mol. The molecule has 1 aromatic rings. The Morgan fingerprint density at radius 2 is 1.57 bits per heavy atom. The predicted octanol–water partition coefficient (Wildman–Crippen LogP) is 1.20. The van der Waals surface area contributed by atoms with E-state index in [9.17, 15) is 19.2 Å². The van der Waals surface area contributed by atoms with E-state index >= 15 is 0 Å². The molecule has 0 aromatic heterocycles. The van der Waals surface area contributed by atoms with E-state index < -0.39 is 29.7 Å². The smallest absolute Gasteiger partial charge is 0.308 e. The number of rotatable bonds is 11. The number of hydrogen-bond donors (Lipinski definition) is 3. The highest BCUT2D eigenvalue weighted by Crippen LogP contribution is 2.12. The third-order valence-electron chi connectivity index (χ3n) is 4.21. The topological polar surface area (TPSA) is 128 Å². The van der Waals surface area contributed by atoms with Crippen LogP contribution in [0.15, 0.2) is 30.3 Å². The summed E-state index contributed by atoms with van der Waals surface area (Å²) in [5, 5.41) is 5.30. The molecule has 0 saturated heterocycles. The van der Waals surface area contributed by atoms with Gasteiger partial charge in [-0.1, -0.05) is 37.3 Å². The fourth-order valence-electron chi connectivity index (χ4n) is 2.61. The minimum atomic E-state index is -1.00. The van der Waals surface area contributed by atoms with Gasteiger partial charge in [-0.3, -0.25) is 19.2 Å². The van der Waals surface area contributed by atoms with E-state index in [0.717, 1.165) is 5.56 Å². The lowest BCUT2D eigenvalue weighted by atomic mass is 10.0. The van der Waals surface area contributed by atoms with Crippen molar-refractivity contribution in [3.8, 4) is 0 Å². The Morgan fingerprint density at radius 3 is 2.11 bits per heavy atom. The number of nitrogens with two attached hydrogens (primary N) is 1. The molecule has 0 saturated carbocycles. The zero-order valence-electron chi connectivity index (χ0n) is 16.6. The van der Waals surface area contributed by atoms with Crippen molar-refractivity contribution in [2.45, 2.75) is 52.1 Å². The Labute approximate surface area is 165 Å². The minimum Gasteiger partial charge on any atom is -0.466 e. The van der Waals surface area contributed by atoms with Gasteiger partial charge in [0.15, 0.2) is 0 Å². The molecule has 8 heteroatoms. The summed E-state index contributed by atoms with van der Waals surface area (Å²) in [5.41, 5.74) is 6.27. The van der Waals surface area contributed by atoms with Crippen molar-refractivity contribution in [1.82, 2.24) is 10.6 Å². The van der Waals surface area contributed by atoms with Gasteiger partial charge in [0, 0.05) is 12.8 Å². The second-order valence-corrected chi connectivity index (χ2v) is 6.61. The maximum absolute atomic E-state index is 12.1. The van der Waals surface area contributed by atoms with Crippen LogP contribution in [0.25, 0.3) is 0 Å². The van der Waals surface area contributed by atoms with E-state index in [1.54, 1.807) is 13.8 Å². The van der Waals surface area contributed by atoms with Gasteiger partial charge in [0.1, 0.15) is 6.04 Å². The SMILES string of the molecule is CCOC(=O)[C@@H](C)C[C@@H](NC(=O)CCC(=O)N[C@H](C)c1ccccc1)C(N)=O. The number of ether oxygens (including phenoxy) is 1. The van der Waals surface area contributed by atoms with E-state index in [-0.39, 0.29) is 37.8 Å². The molecule has 0 fully saturated rings. The van der Waals surface area contributed by atoms with Gasteiger partial charge in [0.25, 0.3) is 0 Å². The molecule has 0 bridgehead atoms. The molecule has 0 radical (unpaired) electrons. The standard InChI is InChI=1S/C20H29N3O5/c1-4-28-20(27)13(2)12-16(19(21)26)23-18(25)11-10-17(24)22-14(3)15-8-6-5-7-9-15/h5-9,13-14,16H,4,10-12H2,1-3H3,(H2,21,26)(H,22,24)(H,23,25)/t13-,14+,16+/m0/s1. The fraction of sp³-hybridized carbons (Fsp3) is 0.500. The first-order valence-corrected chi connectivity index (χ1v) is 9.34. The first-order chi connectivity index (χ1) is 13.2. The summed E-state index contributed by atoms with van der Waals surface area (Å²) in [6.45, 7) is 5.36. The molecule has 4 N–H and O–H groups in total. The van der Waals surface area contributed by atoms with Crippen LogP contribution in [0.2, 0.25) is 0 Å². The number of carbonyl (C=O) groups excluding carboxylic acids is 4. The zero-order valence-corrected chi connectivity index (χ0v) is 16.6. The summed E-state index contributed by atoms with van der Waals surface area (Å²) in [4.78, 5) is 47.4. The van der Waals surface area contributed by atoms with Crippen LogP contribution in [0.3, 0.4) is 0 Å². The Hall–Kier alpha value is -2.90. The van der Waals surface area contributed by atoms with E-state index in [1.165, 1.54) is 0 Å². The van der Waals surface area contributed by atoms with Gasteiger partial charge in [-0.25, -0.2) is 0 Å². The van der Waals surface area contributed by atoms with Crippen molar-refractivity contribution >= 4 is 23.7 Å². The van der Waals surface area contributed by atoms with Crippen LogP contribution >= 0.6 is 0 Å². The third kappa shape index (κ3) is 8.20. The quantitative estimate of drug-likeness (QED) is 0.489. The molecule has 0 aliphatic heterocycles. The Morgan fingerprint density at radius 1 is 1.00 bits per heavy atom. The highest BCUT2D eigenvalue weighted by molar-refractivity contribution is 5.89. The molecular weight excluding hydrogens is 362 g/mol. The van der Waals surface area contributed by atoms with Gasteiger partial charge < -0.3 is 21.1 Å². The van der Waals surface area contributed by atoms with Crippen molar-refractivity contribution in [3.05, 3.63) is 35.9 Å². The van der Waals surface area contributed by atoms with Gasteiger partial charge in [-0.2, -0.15) is 0 Å². The number of esters is 1. The average Bonchev–Trinajstić information content (AvgIpc) is 2.66. The lowest BCUT2D eigenvalue weighted by Gasteiger charge is -2.19. The highest BCUT2D eigenvalue weighted by Gasteiger charge is 2.25. The Bertz CT molecular complexity index is 678. The molecule has 1 aromatic carbocycles. The van der Waals surface area contributed by atoms with Crippen LogP contribution in [-0.2, 0) is 23.9 Å². The lowest BCUT2D eigenvalue weighted by molar-refractivity contribution is -0.148. The number of carbonyl (C=O) groups is 4. The van der Waals surface area contributed by atoms with E-state index in [2.05, 4.69) is 10.6 Å². The van der Waals surface area contributed by atoms with Crippen molar-refractivity contribution < 1.29 is 23.9 Å². The largest absolute Gasteiger partial charge is 0.466 e. The van der Waals surface area contributed by atoms with Crippen LogP contribution < -0.4 is 16.4 Å². The number of primary amides is 1. The normalized spacial score (nSPS) is 13.7. The van der Waals surface area contributed by atoms with Crippen molar-refractivity contribution in [3.63, 3.8) is 0 Å². The van der Waals surface area contributed by atoms with E-state index in [0.29, 0.717) is 0 Å². The predicted molar refractivity (Wildman–Crippen MR) is 104 cm³/mol. The van der Waals surface area contributed by atoms with Crippen molar-refractivity contribution in [2.75, 3.05) is 6.61 Å². The number of nitrogens with one attached hydrogen (secondary N) is 2. The first-order valence-electron chi connectivity index (χ1n) is 9.34. The summed E-state index contributed by atoms with van der Waals surface area (Å²) in [7, 11) is 0. The number of amides is 3. The van der Waals surface area contributed by atoms with Crippen LogP contribution in [0.4, 0.5) is 0 Å². The summed E-state index contributed by atoms with van der Waals surface area (Å²) < 4.78 is 4.88. The van der Waals surface area contributed by atoms with Gasteiger partial charge in [-0.05, 0) is 25.8 Å². The molecule has 0 spiro atoms. The van der Waals surface area contributed by atoms with Crippen molar-refractivity contribution in [1.29, 1.82) is 0 Å². The van der Waals surface area contributed by atoms with Gasteiger partial charge in [-0.15, -0.1) is 0 Å². The number of benzene rings is 1. The molecule has 0 unspecified atom stereocenters. The van der Waals surface area contributed by atoms with Crippen molar-refractivity contribution in [2.24, 2.45) is 11.7 Å². The molecule has 28 heavy (non-hydrogen) atoms. The van der Waals surface area contributed by atoms with E-state index in [1.807, 2.05) is 37.3 Å². The maximum Gasteiger partial charge on any atom is 0.308 e. The fourth-order valence-corrected chi connectivity index (χ4v) is 2.61. The summed E-state index contributed by atoms with van der Waals surface area (Å²) in [5.74, 6) is -2.55. The molecule has 154 valence electrons. The second-order valence-electron chi connectivity index (χ2n) is 6.61. The zero-order chi connectivity index (χ0) is 21.1. The minimum absolute atomic E-state index is 0.0259. The van der Waals surface area contributed by atoms with Crippen LogP contribution in [0, 0.1) is 5.92 Å². The average molecular weight is 391 g/mol. The summed E-state index contributed by atoms with van der Waals surface area (Å²) >= 11 is 0. The summed E-state index contributed by atoms with van der Waals surface area (Å²) in [6.07, 6.45) is -0.0794. The molecule has 3 atom stereocenters. The molecule has 3 amide bonds. The second kappa shape index (κ2) is 11.7. The molecule has 8 nitrogen and oxygen atoms in total. The molecule has 0 heterocycles. The Kier molecular flexibility index (Phi) is 9.70. The number of hydrogen-bond acceptors (Lipinski definition) is 5. The van der Waals surface area contributed by atoms with Gasteiger partial charge in [0.05, 0.1) is 18.6 Å². The van der Waals surface area contributed by atoms with E-state index in [4.69, 9.17) is 10.5 Å². The lowest BCUT2D eigenvalue weighted by Crippen LogP contribution is -2.46. The molecule has 1 rings (SSSR count). The first kappa shape index (κ1) is 23.1. The van der Waals surface area contributed by atoms with Crippen LogP contribution in [-0.4, -0.2) is 36.3 Å². The van der Waals surface area contributed by atoms with Gasteiger partial charge >= 0.3 is 5.97 Å². The highest BCUT2D eigenvalue weighted by atomic mass is 16.5.